The van der Waals surface area contributed by atoms with Gasteiger partial charge in [0.15, 0.2) is 11.4 Å². The summed E-state index contributed by atoms with van der Waals surface area (Å²) < 4.78 is 71.8. The lowest BCUT2D eigenvalue weighted by Crippen LogP contribution is -2.20. The van der Waals surface area contributed by atoms with E-state index in [4.69, 9.17) is 0 Å². The SMILES string of the molecule is O=c1c(OC(F)F)cn(-c2cccc(C(F)(F)F)c2)nc1-c1ccnn1-c1ccccc1. The first-order valence-corrected chi connectivity index (χ1v) is 9.10. The molecule has 0 aliphatic heterocycles. The van der Waals surface area contributed by atoms with Crippen molar-refractivity contribution >= 4 is 0 Å². The molecule has 0 aliphatic rings. The molecule has 0 bridgehead atoms. The maximum Gasteiger partial charge on any atom is 0.416 e. The molecule has 4 aromatic rings. The number of benzene rings is 2. The van der Waals surface area contributed by atoms with Gasteiger partial charge in [0.25, 0.3) is 5.43 Å². The summed E-state index contributed by atoms with van der Waals surface area (Å²) in [5, 5.41) is 8.25. The Hall–Kier alpha value is -4.02. The maximum absolute atomic E-state index is 13.1. The van der Waals surface area contributed by atoms with Gasteiger partial charge in [-0.1, -0.05) is 24.3 Å². The van der Waals surface area contributed by atoms with Crippen molar-refractivity contribution in [3.05, 3.63) is 88.8 Å². The van der Waals surface area contributed by atoms with Gasteiger partial charge in [-0.2, -0.15) is 32.1 Å². The van der Waals surface area contributed by atoms with Crippen LogP contribution in [0, 0.1) is 0 Å². The minimum Gasteiger partial charge on any atom is -0.429 e. The van der Waals surface area contributed by atoms with E-state index >= 15 is 0 Å². The lowest BCUT2D eigenvalue weighted by molar-refractivity contribution is -0.137. The first-order valence-electron chi connectivity index (χ1n) is 9.10. The Kier molecular flexibility index (Phi) is 5.47. The van der Waals surface area contributed by atoms with Crippen LogP contribution in [-0.2, 0) is 6.18 Å². The van der Waals surface area contributed by atoms with Crippen LogP contribution in [0.15, 0.2) is 77.9 Å². The molecule has 6 nitrogen and oxygen atoms in total. The van der Waals surface area contributed by atoms with E-state index in [-0.39, 0.29) is 17.1 Å². The molecule has 0 atom stereocenters. The zero-order chi connectivity index (χ0) is 22.9. The third kappa shape index (κ3) is 4.22. The van der Waals surface area contributed by atoms with Crippen molar-refractivity contribution in [1.82, 2.24) is 19.6 Å². The van der Waals surface area contributed by atoms with Gasteiger partial charge in [-0.3, -0.25) is 4.79 Å². The zero-order valence-corrected chi connectivity index (χ0v) is 16.0. The summed E-state index contributed by atoms with van der Waals surface area (Å²) in [6.45, 7) is -3.33. The Bertz CT molecular complexity index is 1300. The Morgan fingerprint density at radius 2 is 1.66 bits per heavy atom. The number of para-hydroxylation sites is 1. The molecule has 0 aliphatic carbocycles. The van der Waals surface area contributed by atoms with Gasteiger partial charge >= 0.3 is 12.8 Å². The average Bonchev–Trinajstić information content (AvgIpc) is 3.24. The fourth-order valence-corrected chi connectivity index (χ4v) is 3.03. The van der Waals surface area contributed by atoms with E-state index in [0.717, 1.165) is 29.1 Å². The molecule has 164 valence electrons. The Labute approximate surface area is 177 Å². The van der Waals surface area contributed by atoms with E-state index in [1.165, 1.54) is 23.0 Å². The lowest BCUT2D eigenvalue weighted by atomic mass is 10.2. The second-order valence-electron chi connectivity index (χ2n) is 6.51. The number of halogens is 5. The summed E-state index contributed by atoms with van der Waals surface area (Å²) in [5.74, 6) is -0.775. The van der Waals surface area contributed by atoms with Crippen molar-refractivity contribution < 1.29 is 26.7 Å². The van der Waals surface area contributed by atoms with Gasteiger partial charge in [-0.25, -0.2) is 9.36 Å². The smallest absolute Gasteiger partial charge is 0.416 e. The molecule has 0 fully saturated rings. The quantitative estimate of drug-likeness (QED) is 0.415. The molecule has 0 radical (unpaired) electrons. The van der Waals surface area contributed by atoms with Gasteiger partial charge in [0.05, 0.1) is 35.0 Å². The van der Waals surface area contributed by atoms with Crippen LogP contribution >= 0.6 is 0 Å². The Balaban J connectivity index is 1.92. The van der Waals surface area contributed by atoms with E-state index in [1.807, 2.05) is 0 Å². The van der Waals surface area contributed by atoms with Crippen LogP contribution in [-0.4, -0.2) is 26.2 Å². The van der Waals surface area contributed by atoms with Crippen molar-refractivity contribution in [2.45, 2.75) is 12.8 Å². The molecule has 0 unspecified atom stereocenters. The molecule has 0 saturated heterocycles. The standard InChI is InChI=1S/C21H13F5N4O2/c22-20(23)32-17-12-29(15-8-4-5-13(11-15)21(24,25)26)28-18(19(17)31)16-9-10-27-30(16)14-6-2-1-3-7-14/h1-12,20H. The fraction of sp³-hybridized carbons (Fsp3) is 0.0952. The molecule has 2 aromatic heterocycles. The zero-order valence-electron chi connectivity index (χ0n) is 16.0. The van der Waals surface area contributed by atoms with Crippen molar-refractivity contribution in [3.63, 3.8) is 0 Å². The van der Waals surface area contributed by atoms with Gasteiger partial charge in [0, 0.05) is 0 Å². The maximum atomic E-state index is 13.1. The van der Waals surface area contributed by atoms with Crippen molar-refractivity contribution in [3.8, 4) is 28.5 Å². The van der Waals surface area contributed by atoms with E-state index in [0.29, 0.717) is 5.69 Å². The van der Waals surface area contributed by atoms with Crippen LogP contribution in [0.5, 0.6) is 5.75 Å². The molecule has 11 heteroatoms. The lowest BCUT2D eigenvalue weighted by Gasteiger charge is -2.14. The van der Waals surface area contributed by atoms with Crippen LogP contribution in [0.3, 0.4) is 0 Å². The first kappa shape index (κ1) is 21.2. The molecule has 0 saturated carbocycles. The van der Waals surface area contributed by atoms with Gasteiger partial charge in [-0.15, -0.1) is 0 Å². The van der Waals surface area contributed by atoms with Crippen molar-refractivity contribution in [1.29, 1.82) is 0 Å². The summed E-state index contributed by atoms with van der Waals surface area (Å²) in [4.78, 5) is 12.8. The number of hydrogen-bond acceptors (Lipinski definition) is 4. The Morgan fingerprint density at radius 3 is 2.34 bits per heavy atom. The first-order chi connectivity index (χ1) is 15.2. The highest BCUT2D eigenvalue weighted by atomic mass is 19.4. The molecule has 0 spiro atoms. The highest BCUT2D eigenvalue weighted by Gasteiger charge is 2.30. The van der Waals surface area contributed by atoms with Crippen LogP contribution in [0.1, 0.15) is 5.56 Å². The second kappa shape index (κ2) is 8.25. The molecule has 0 amide bonds. The van der Waals surface area contributed by atoms with Crippen LogP contribution < -0.4 is 10.2 Å². The molecular formula is C21H13F5N4O2. The number of alkyl halides is 5. The summed E-state index contributed by atoms with van der Waals surface area (Å²) in [6, 6.07) is 14.1. The summed E-state index contributed by atoms with van der Waals surface area (Å²) in [7, 11) is 0. The fourth-order valence-electron chi connectivity index (χ4n) is 3.03. The van der Waals surface area contributed by atoms with E-state index in [9.17, 15) is 26.7 Å². The highest BCUT2D eigenvalue weighted by molar-refractivity contribution is 5.59. The van der Waals surface area contributed by atoms with Crippen LogP contribution in [0.4, 0.5) is 22.0 Å². The summed E-state index contributed by atoms with van der Waals surface area (Å²) in [6.07, 6.45) is -2.44. The van der Waals surface area contributed by atoms with E-state index in [2.05, 4.69) is 14.9 Å². The van der Waals surface area contributed by atoms with Crippen molar-refractivity contribution in [2.75, 3.05) is 0 Å². The Morgan fingerprint density at radius 1 is 0.938 bits per heavy atom. The molecule has 32 heavy (non-hydrogen) atoms. The molecule has 2 aromatic carbocycles. The number of nitrogens with zero attached hydrogens (tertiary/aromatic N) is 4. The minimum atomic E-state index is -4.63. The third-order valence-corrected chi connectivity index (χ3v) is 4.43. The van der Waals surface area contributed by atoms with Gasteiger partial charge in [-0.05, 0) is 36.4 Å². The summed E-state index contributed by atoms with van der Waals surface area (Å²) in [5.41, 5.74) is -1.68. The van der Waals surface area contributed by atoms with Gasteiger partial charge in [0.1, 0.15) is 0 Å². The van der Waals surface area contributed by atoms with Crippen LogP contribution in [0.2, 0.25) is 0 Å². The molecule has 4 rings (SSSR count). The third-order valence-electron chi connectivity index (χ3n) is 4.43. The number of aromatic nitrogens is 4. The second-order valence-corrected chi connectivity index (χ2v) is 6.51. The van der Waals surface area contributed by atoms with E-state index in [1.54, 1.807) is 30.3 Å². The number of hydrogen-bond donors (Lipinski definition) is 0. The number of ether oxygens (including phenoxy) is 1. The molecular weight excluding hydrogens is 435 g/mol. The van der Waals surface area contributed by atoms with Crippen LogP contribution in [0.25, 0.3) is 22.8 Å². The average molecular weight is 448 g/mol. The van der Waals surface area contributed by atoms with Gasteiger partial charge in [0.2, 0.25) is 0 Å². The minimum absolute atomic E-state index is 0.106. The van der Waals surface area contributed by atoms with Crippen molar-refractivity contribution in [2.24, 2.45) is 0 Å². The highest BCUT2D eigenvalue weighted by Crippen LogP contribution is 2.30. The monoisotopic (exact) mass is 448 g/mol. The normalized spacial score (nSPS) is 11.7. The molecule has 0 N–H and O–H groups in total. The number of rotatable bonds is 5. The summed E-state index contributed by atoms with van der Waals surface area (Å²) >= 11 is 0. The topological polar surface area (TPSA) is 61.9 Å². The predicted octanol–water partition coefficient (Wildman–Crippen LogP) is 4.71. The van der Waals surface area contributed by atoms with Gasteiger partial charge < -0.3 is 4.74 Å². The molecule has 2 heterocycles. The van der Waals surface area contributed by atoms with E-state index < -0.39 is 29.5 Å². The largest absolute Gasteiger partial charge is 0.429 e. The predicted molar refractivity (Wildman–Crippen MR) is 104 cm³/mol.